The van der Waals surface area contributed by atoms with Crippen molar-refractivity contribution in [3.05, 3.63) is 35.4 Å². The summed E-state index contributed by atoms with van der Waals surface area (Å²) in [6.45, 7) is 6.25. The van der Waals surface area contributed by atoms with Gasteiger partial charge in [0.1, 0.15) is 11.6 Å². The molecule has 0 bridgehead atoms. The van der Waals surface area contributed by atoms with E-state index in [4.69, 9.17) is 0 Å². The largest absolute Gasteiger partial charge is 0.316 e. The van der Waals surface area contributed by atoms with E-state index >= 15 is 0 Å². The van der Waals surface area contributed by atoms with Gasteiger partial charge in [-0.1, -0.05) is 19.9 Å². The fraction of sp³-hybridized carbons (Fsp3) is 0.571. The standard InChI is InChI=1S/C14H19F2N/c1-9(2)7-17-8-10-5-13(10)12-4-3-11(15)6-14(12)16/h3-4,6,9-10,13,17H,5,7-8H2,1-2H3. The summed E-state index contributed by atoms with van der Waals surface area (Å²) in [5.74, 6) is 0.515. The first-order valence-corrected chi connectivity index (χ1v) is 6.23. The summed E-state index contributed by atoms with van der Waals surface area (Å²) < 4.78 is 26.3. The van der Waals surface area contributed by atoms with Crippen molar-refractivity contribution < 1.29 is 8.78 Å². The van der Waals surface area contributed by atoms with Crippen molar-refractivity contribution in [3.63, 3.8) is 0 Å². The summed E-state index contributed by atoms with van der Waals surface area (Å²) in [4.78, 5) is 0. The summed E-state index contributed by atoms with van der Waals surface area (Å²) in [6, 6.07) is 3.90. The highest BCUT2D eigenvalue weighted by atomic mass is 19.1. The van der Waals surface area contributed by atoms with E-state index in [0.717, 1.165) is 25.6 Å². The Morgan fingerprint density at radius 2 is 2.12 bits per heavy atom. The first kappa shape index (κ1) is 12.5. The van der Waals surface area contributed by atoms with Crippen molar-refractivity contribution in [2.24, 2.45) is 11.8 Å². The molecule has 0 saturated heterocycles. The molecule has 0 radical (unpaired) electrons. The molecule has 0 amide bonds. The van der Waals surface area contributed by atoms with Crippen molar-refractivity contribution in [2.45, 2.75) is 26.2 Å². The van der Waals surface area contributed by atoms with E-state index in [9.17, 15) is 8.78 Å². The SMILES string of the molecule is CC(C)CNCC1CC1c1ccc(F)cc1F. The Morgan fingerprint density at radius 1 is 1.35 bits per heavy atom. The Bertz CT molecular complexity index is 390. The third-order valence-corrected chi connectivity index (χ3v) is 3.24. The van der Waals surface area contributed by atoms with Crippen molar-refractivity contribution in [1.82, 2.24) is 5.32 Å². The molecule has 2 unspecified atom stereocenters. The molecule has 1 N–H and O–H groups in total. The van der Waals surface area contributed by atoms with Crippen LogP contribution in [0, 0.1) is 23.5 Å². The summed E-state index contributed by atoms with van der Waals surface area (Å²) in [5, 5.41) is 3.38. The zero-order chi connectivity index (χ0) is 12.4. The van der Waals surface area contributed by atoms with Gasteiger partial charge in [-0.25, -0.2) is 8.78 Å². The Labute approximate surface area is 101 Å². The molecule has 1 aromatic rings. The van der Waals surface area contributed by atoms with Gasteiger partial charge in [0.05, 0.1) is 0 Å². The second-order valence-corrected chi connectivity index (χ2v) is 5.32. The molecule has 3 heteroatoms. The number of benzene rings is 1. The third-order valence-electron chi connectivity index (χ3n) is 3.24. The average molecular weight is 239 g/mol. The lowest BCUT2D eigenvalue weighted by atomic mass is 10.1. The van der Waals surface area contributed by atoms with Gasteiger partial charge in [0.2, 0.25) is 0 Å². The minimum Gasteiger partial charge on any atom is -0.316 e. The molecule has 0 heterocycles. The molecule has 1 aliphatic rings. The fourth-order valence-electron chi connectivity index (χ4n) is 2.21. The van der Waals surface area contributed by atoms with E-state index in [1.165, 1.54) is 6.07 Å². The maximum absolute atomic E-state index is 13.5. The van der Waals surface area contributed by atoms with E-state index in [-0.39, 0.29) is 5.92 Å². The topological polar surface area (TPSA) is 12.0 Å². The number of hydrogen-bond acceptors (Lipinski definition) is 1. The lowest BCUT2D eigenvalue weighted by Crippen LogP contribution is -2.22. The average Bonchev–Trinajstić information content (AvgIpc) is 2.96. The first-order valence-electron chi connectivity index (χ1n) is 6.23. The van der Waals surface area contributed by atoms with Gasteiger partial charge in [-0.2, -0.15) is 0 Å². The zero-order valence-corrected chi connectivity index (χ0v) is 10.3. The molecule has 0 aromatic heterocycles. The lowest BCUT2D eigenvalue weighted by molar-refractivity contribution is 0.528. The Morgan fingerprint density at radius 3 is 2.76 bits per heavy atom. The Balaban J connectivity index is 1.85. The predicted molar refractivity (Wildman–Crippen MR) is 64.9 cm³/mol. The molecule has 1 aromatic carbocycles. The van der Waals surface area contributed by atoms with Gasteiger partial charge >= 0.3 is 0 Å². The second-order valence-electron chi connectivity index (χ2n) is 5.32. The predicted octanol–water partition coefficient (Wildman–Crippen LogP) is 3.31. The number of nitrogens with one attached hydrogen (secondary N) is 1. The normalized spacial score (nSPS) is 23.1. The van der Waals surface area contributed by atoms with Crippen LogP contribution >= 0.6 is 0 Å². The molecular formula is C14H19F2N. The van der Waals surface area contributed by atoms with Crippen LogP contribution in [-0.2, 0) is 0 Å². The second kappa shape index (κ2) is 5.13. The van der Waals surface area contributed by atoms with Crippen molar-refractivity contribution in [2.75, 3.05) is 13.1 Å². The van der Waals surface area contributed by atoms with Crippen molar-refractivity contribution in [1.29, 1.82) is 0 Å². The maximum atomic E-state index is 13.5. The molecule has 1 fully saturated rings. The summed E-state index contributed by atoms with van der Waals surface area (Å²) in [7, 11) is 0. The van der Waals surface area contributed by atoms with E-state index < -0.39 is 11.6 Å². The van der Waals surface area contributed by atoms with Gasteiger partial charge < -0.3 is 5.32 Å². The van der Waals surface area contributed by atoms with Gasteiger partial charge in [-0.05, 0) is 48.9 Å². The van der Waals surface area contributed by atoms with Crippen LogP contribution in [0.15, 0.2) is 18.2 Å². The molecule has 1 nitrogen and oxygen atoms in total. The molecule has 0 aliphatic heterocycles. The molecule has 1 aliphatic carbocycles. The van der Waals surface area contributed by atoms with Crippen LogP contribution in [0.2, 0.25) is 0 Å². The highest BCUT2D eigenvalue weighted by Crippen LogP contribution is 2.47. The van der Waals surface area contributed by atoms with Crippen LogP contribution < -0.4 is 5.32 Å². The quantitative estimate of drug-likeness (QED) is 0.831. The van der Waals surface area contributed by atoms with Crippen LogP contribution in [0.4, 0.5) is 8.78 Å². The molecule has 2 rings (SSSR count). The number of rotatable bonds is 5. The van der Waals surface area contributed by atoms with E-state index in [0.29, 0.717) is 17.4 Å². The molecule has 0 spiro atoms. The van der Waals surface area contributed by atoms with E-state index in [2.05, 4.69) is 19.2 Å². The summed E-state index contributed by atoms with van der Waals surface area (Å²) >= 11 is 0. The van der Waals surface area contributed by atoms with E-state index in [1.807, 2.05) is 0 Å². The number of halogens is 2. The van der Waals surface area contributed by atoms with Crippen LogP contribution in [0.25, 0.3) is 0 Å². The highest BCUT2D eigenvalue weighted by molar-refractivity contribution is 5.28. The van der Waals surface area contributed by atoms with Crippen LogP contribution in [-0.4, -0.2) is 13.1 Å². The maximum Gasteiger partial charge on any atom is 0.129 e. The van der Waals surface area contributed by atoms with Gasteiger partial charge in [-0.15, -0.1) is 0 Å². The summed E-state index contributed by atoms with van der Waals surface area (Å²) in [5.41, 5.74) is 0.669. The van der Waals surface area contributed by atoms with Gasteiger partial charge in [0.25, 0.3) is 0 Å². The number of hydrogen-bond donors (Lipinski definition) is 1. The van der Waals surface area contributed by atoms with Gasteiger partial charge in [0, 0.05) is 6.07 Å². The van der Waals surface area contributed by atoms with Crippen molar-refractivity contribution in [3.8, 4) is 0 Å². The molecule has 2 atom stereocenters. The first-order chi connectivity index (χ1) is 8.08. The van der Waals surface area contributed by atoms with Crippen LogP contribution in [0.5, 0.6) is 0 Å². The van der Waals surface area contributed by atoms with Gasteiger partial charge in [-0.3, -0.25) is 0 Å². The molecular weight excluding hydrogens is 220 g/mol. The van der Waals surface area contributed by atoms with E-state index in [1.54, 1.807) is 6.07 Å². The van der Waals surface area contributed by atoms with Crippen molar-refractivity contribution >= 4 is 0 Å². The Hall–Kier alpha value is -0.960. The molecule has 17 heavy (non-hydrogen) atoms. The smallest absolute Gasteiger partial charge is 0.129 e. The minimum atomic E-state index is -0.499. The van der Waals surface area contributed by atoms with Crippen LogP contribution in [0.1, 0.15) is 31.7 Å². The Kier molecular flexibility index (Phi) is 3.77. The minimum absolute atomic E-state index is 0.273. The molecule has 94 valence electrons. The fourth-order valence-corrected chi connectivity index (χ4v) is 2.21. The highest BCUT2D eigenvalue weighted by Gasteiger charge is 2.39. The summed E-state index contributed by atoms with van der Waals surface area (Å²) in [6.07, 6.45) is 1.01. The monoisotopic (exact) mass is 239 g/mol. The molecule has 1 saturated carbocycles. The zero-order valence-electron chi connectivity index (χ0n) is 10.3. The lowest BCUT2D eigenvalue weighted by Gasteiger charge is -2.07. The van der Waals surface area contributed by atoms with Crippen LogP contribution in [0.3, 0.4) is 0 Å². The van der Waals surface area contributed by atoms with Gasteiger partial charge in [0.15, 0.2) is 0 Å². The third kappa shape index (κ3) is 3.25.